The van der Waals surface area contributed by atoms with Crippen LogP contribution in [0.3, 0.4) is 0 Å². The second-order valence-electron chi connectivity index (χ2n) is 6.49. The van der Waals surface area contributed by atoms with Crippen LogP contribution in [0.15, 0.2) is 35.5 Å². The zero-order valence-corrected chi connectivity index (χ0v) is 15.9. The van der Waals surface area contributed by atoms with E-state index in [1.165, 1.54) is 23.5 Å². The summed E-state index contributed by atoms with van der Waals surface area (Å²) in [6.07, 6.45) is 6.17. The maximum atomic E-state index is 13.6. The summed E-state index contributed by atoms with van der Waals surface area (Å²) in [5.41, 5.74) is 0. The first-order valence-electron chi connectivity index (χ1n) is 8.79. The van der Waals surface area contributed by atoms with Crippen LogP contribution in [0.1, 0.15) is 25.6 Å². The predicted molar refractivity (Wildman–Crippen MR) is 96.0 cm³/mol. The molecule has 2 aromatic rings. The van der Waals surface area contributed by atoms with E-state index in [2.05, 4.69) is 16.5 Å². The van der Waals surface area contributed by atoms with Crippen molar-refractivity contribution >= 4 is 10.0 Å². The SMILES string of the molecule is CCc1nccn1CC1CCN(S(=O)(=O)c2cc(F)ccc2OC)CC1. The van der Waals surface area contributed by atoms with Gasteiger partial charge in [-0.15, -0.1) is 0 Å². The van der Waals surface area contributed by atoms with Gasteiger partial charge in [-0.05, 0) is 37.0 Å². The van der Waals surface area contributed by atoms with Crippen molar-refractivity contribution in [2.75, 3.05) is 20.2 Å². The van der Waals surface area contributed by atoms with Gasteiger partial charge in [-0.2, -0.15) is 4.31 Å². The predicted octanol–water partition coefficient (Wildman–Crippen LogP) is 2.69. The Morgan fingerprint density at radius 1 is 1.31 bits per heavy atom. The third-order valence-electron chi connectivity index (χ3n) is 4.89. The van der Waals surface area contributed by atoms with Crippen LogP contribution in [0.2, 0.25) is 0 Å². The van der Waals surface area contributed by atoms with E-state index in [1.54, 1.807) is 6.20 Å². The first kappa shape index (κ1) is 18.8. The quantitative estimate of drug-likeness (QED) is 0.772. The largest absolute Gasteiger partial charge is 0.495 e. The van der Waals surface area contributed by atoms with E-state index in [0.29, 0.717) is 19.0 Å². The Hall–Kier alpha value is -1.93. The lowest BCUT2D eigenvalue weighted by molar-refractivity contribution is 0.251. The fraction of sp³-hybridized carbons (Fsp3) is 0.500. The summed E-state index contributed by atoms with van der Waals surface area (Å²) in [5.74, 6) is 1.02. The molecule has 1 aliphatic heterocycles. The van der Waals surface area contributed by atoms with Crippen LogP contribution in [0.5, 0.6) is 5.75 Å². The highest BCUT2D eigenvalue weighted by Gasteiger charge is 2.32. The summed E-state index contributed by atoms with van der Waals surface area (Å²) in [4.78, 5) is 4.22. The minimum Gasteiger partial charge on any atom is -0.495 e. The number of aromatic nitrogens is 2. The minimum absolute atomic E-state index is 0.110. The van der Waals surface area contributed by atoms with Gasteiger partial charge >= 0.3 is 0 Å². The molecule has 26 heavy (non-hydrogen) atoms. The zero-order chi connectivity index (χ0) is 18.7. The Bertz CT molecular complexity index is 858. The van der Waals surface area contributed by atoms with Crippen molar-refractivity contribution in [3.05, 3.63) is 42.2 Å². The maximum absolute atomic E-state index is 13.6. The number of ether oxygens (including phenoxy) is 1. The average Bonchev–Trinajstić information content (AvgIpc) is 3.09. The van der Waals surface area contributed by atoms with E-state index in [4.69, 9.17) is 4.74 Å². The first-order valence-corrected chi connectivity index (χ1v) is 10.2. The van der Waals surface area contributed by atoms with Crippen LogP contribution in [0.25, 0.3) is 0 Å². The molecular weight excluding hydrogens is 357 g/mol. The second kappa shape index (κ2) is 7.75. The van der Waals surface area contributed by atoms with E-state index < -0.39 is 15.8 Å². The summed E-state index contributed by atoms with van der Waals surface area (Å²) in [6, 6.07) is 3.57. The molecule has 8 heteroatoms. The number of piperidine rings is 1. The lowest BCUT2D eigenvalue weighted by atomic mass is 9.98. The monoisotopic (exact) mass is 381 g/mol. The first-order chi connectivity index (χ1) is 12.5. The molecule has 0 spiro atoms. The van der Waals surface area contributed by atoms with Crippen molar-refractivity contribution < 1.29 is 17.5 Å². The molecule has 2 heterocycles. The number of hydrogen-bond donors (Lipinski definition) is 0. The van der Waals surface area contributed by atoms with Gasteiger partial charge in [0.1, 0.15) is 22.3 Å². The normalized spacial score (nSPS) is 16.7. The maximum Gasteiger partial charge on any atom is 0.246 e. The number of nitrogens with zero attached hydrogens (tertiary/aromatic N) is 3. The summed E-state index contributed by atoms with van der Waals surface area (Å²) in [6.45, 7) is 3.76. The summed E-state index contributed by atoms with van der Waals surface area (Å²) >= 11 is 0. The highest BCUT2D eigenvalue weighted by Crippen LogP contribution is 2.30. The van der Waals surface area contributed by atoms with Gasteiger partial charge in [0.25, 0.3) is 0 Å². The van der Waals surface area contributed by atoms with Gasteiger partial charge in [0, 0.05) is 38.4 Å². The number of aryl methyl sites for hydroxylation is 1. The van der Waals surface area contributed by atoms with Crippen molar-refractivity contribution in [2.45, 2.75) is 37.6 Å². The molecule has 0 atom stereocenters. The molecule has 1 fully saturated rings. The number of hydrogen-bond acceptors (Lipinski definition) is 4. The third-order valence-corrected chi connectivity index (χ3v) is 6.81. The van der Waals surface area contributed by atoms with E-state index in [-0.39, 0.29) is 10.6 Å². The van der Waals surface area contributed by atoms with Crippen LogP contribution in [-0.4, -0.2) is 42.5 Å². The van der Waals surface area contributed by atoms with Crippen LogP contribution in [-0.2, 0) is 23.0 Å². The molecule has 0 N–H and O–H groups in total. The third kappa shape index (κ3) is 3.76. The van der Waals surface area contributed by atoms with Crippen LogP contribution >= 0.6 is 0 Å². The number of methoxy groups -OCH3 is 1. The molecule has 6 nitrogen and oxygen atoms in total. The molecule has 0 unspecified atom stereocenters. The van der Waals surface area contributed by atoms with Crippen molar-refractivity contribution in [1.29, 1.82) is 0 Å². The Balaban J connectivity index is 1.70. The average molecular weight is 381 g/mol. The molecule has 142 valence electrons. The van der Waals surface area contributed by atoms with Gasteiger partial charge in [0.2, 0.25) is 10.0 Å². The van der Waals surface area contributed by atoms with E-state index in [0.717, 1.165) is 37.7 Å². The number of rotatable bonds is 6. The lowest BCUT2D eigenvalue weighted by Gasteiger charge is -2.31. The van der Waals surface area contributed by atoms with Gasteiger partial charge in [-0.25, -0.2) is 17.8 Å². The molecule has 3 rings (SSSR count). The molecule has 1 aromatic heterocycles. The Morgan fingerprint density at radius 3 is 2.69 bits per heavy atom. The molecule has 0 bridgehead atoms. The number of benzene rings is 1. The molecule has 0 radical (unpaired) electrons. The Kier molecular flexibility index (Phi) is 5.62. The van der Waals surface area contributed by atoms with Gasteiger partial charge in [-0.1, -0.05) is 6.92 Å². The van der Waals surface area contributed by atoms with Gasteiger partial charge in [-0.3, -0.25) is 0 Å². The minimum atomic E-state index is -3.78. The lowest BCUT2D eigenvalue weighted by Crippen LogP contribution is -2.39. The van der Waals surface area contributed by atoms with E-state index >= 15 is 0 Å². The highest BCUT2D eigenvalue weighted by molar-refractivity contribution is 7.89. The topological polar surface area (TPSA) is 64.4 Å². The van der Waals surface area contributed by atoms with Crippen LogP contribution in [0.4, 0.5) is 4.39 Å². The Labute approximate surface area is 153 Å². The van der Waals surface area contributed by atoms with E-state index in [9.17, 15) is 12.8 Å². The molecule has 1 aliphatic rings. The highest BCUT2D eigenvalue weighted by atomic mass is 32.2. The van der Waals surface area contributed by atoms with Crippen molar-refractivity contribution in [2.24, 2.45) is 5.92 Å². The number of halogens is 1. The summed E-state index contributed by atoms with van der Waals surface area (Å²) in [5, 5.41) is 0. The molecule has 0 amide bonds. The molecule has 1 aromatic carbocycles. The van der Waals surface area contributed by atoms with Gasteiger partial charge in [0.15, 0.2) is 0 Å². The van der Waals surface area contributed by atoms with Crippen molar-refractivity contribution in [3.8, 4) is 5.75 Å². The standard InChI is InChI=1S/C18H24FN3O3S/c1-3-18-20-8-11-21(18)13-14-6-9-22(10-7-14)26(23,24)17-12-15(19)4-5-16(17)25-2/h4-5,8,11-12,14H,3,6-7,9-10,13H2,1-2H3. The smallest absolute Gasteiger partial charge is 0.246 e. The fourth-order valence-corrected chi connectivity index (χ4v) is 5.06. The molecular formula is C18H24FN3O3S. The van der Waals surface area contributed by atoms with Gasteiger partial charge < -0.3 is 9.30 Å². The van der Waals surface area contributed by atoms with Crippen LogP contribution < -0.4 is 4.74 Å². The molecule has 1 saturated heterocycles. The van der Waals surface area contributed by atoms with Gasteiger partial charge in [0.05, 0.1) is 7.11 Å². The fourth-order valence-electron chi connectivity index (χ4n) is 3.42. The second-order valence-corrected chi connectivity index (χ2v) is 8.40. The summed E-state index contributed by atoms with van der Waals surface area (Å²) < 4.78 is 48.1. The zero-order valence-electron chi connectivity index (χ0n) is 15.1. The Morgan fingerprint density at radius 2 is 2.04 bits per heavy atom. The van der Waals surface area contributed by atoms with E-state index in [1.807, 2.05) is 6.20 Å². The summed E-state index contributed by atoms with van der Waals surface area (Å²) in [7, 11) is -2.39. The van der Waals surface area contributed by atoms with Crippen molar-refractivity contribution in [3.63, 3.8) is 0 Å². The van der Waals surface area contributed by atoms with Crippen LogP contribution in [0, 0.1) is 11.7 Å². The molecule has 0 aliphatic carbocycles. The number of sulfonamides is 1. The van der Waals surface area contributed by atoms with Crippen molar-refractivity contribution in [1.82, 2.24) is 13.9 Å². The number of imidazole rings is 1. The molecule has 0 saturated carbocycles.